The molecule has 0 radical (unpaired) electrons. The summed E-state index contributed by atoms with van der Waals surface area (Å²) in [6.07, 6.45) is 5.35. The van der Waals surface area contributed by atoms with E-state index in [1.807, 2.05) is 18.3 Å². The van der Waals surface area contributed by atoms with Crippen LogP contribution in [0, 0.1) is 0 Å². The molecule has 5 N–H and O–H groups in total. The number of aromatic amines is 1. The first-order valence-corrected chi connectivity index (χ1v) is 6.50. The third kappa shape index (κ3) is 4.59. The van der Waals surface area contributed by atoms with E-state index in [1.54, 1.807) is 6.33 Å². The van der Waals surface area contributed by atoms with E-state index in [0.29, 0.717) is 6.54 Å². The van der Waals surface area contributed by atoms with Crippen LogP contribution >= 0.6 is 0 Å². The molecule has 0 aliphatic heterocycles. The molecule has 0 fully saturated rings. The summed E-state index contributed by atoms with van der Waals surface area (Å²) in [6, 6.07) is 5.98. The summed E-state index contributed by atoms with van der Waals surface area (Å²) in [5.41, 5.74) is 6.66. The quantitative estimate of drug-likeness (QED) is 0.536. The highest BCUT2D eigenvalue weighted by molar-refractivity contribution is 5.46. The van der Waals surface area contributed by atoms with Crippen molar-refractivity contribution in [2.24, 2.45) is 5.73 Å². The Bertz CT molecular complexity index is 468. The van der Waals surface area contributed by atoms with Gasteiger partial charge in [-0.1, -0.05) is 0 Å². The van der Waals surface area contributed by atoms with Gasteiger partial charge in [0.25, 0.3) is 0 Å². The highest BCUT2D eigenvalue weighted by Gasteiger charge is 1.98. The minimum atomic E-state index is 0.680. The molecule has 0 saturated heterocycles. The van der Waals surface area contributed by atoms with E-state index in [0.717, 1.165) is 37.6 Å². The van der Waals surface area contributed by atoms with Gasteiger partial charge in [-0.2, -0.15) is 0 Å². The van der Waals surface area contributed by atoms with Crippen LogP contribution in [0.15, 0.2) is 30.7 Å². The van der Waals surface area contributed by atoms with Crippen LogP contribution in [0.4, 0.5) is 11.6 Å². The Morgan fingerprint density at radius 2 is 1.95 bits per heavy atom. The molecule has 0 bridgehead atoms. The predicted molar refractivity (Wildman–Crippen MR) is 77.2 cm³/mol. The van der Waals surface area contributed by atoms with Crippen LogP contribution in [-0.4, -0.2) is 34.6 Å². The minimum absolute atomic E-state index is 0.680. The Morgan fingerprint density at radius 3 is 2.63 bits per heavy atom. The second-order valence-corrected chi connectivity index (χ2v) is 4.23. The van der Waals surface area contributed by atoms with Crippen molar-refractivity contribution in [2.45, 2.75) is 12.8 Å². The van der Waals surface area contributed by atoms with Crippen molar-refractivity contribution in [3.05, 3.63) is 36.4 Å². The van der Waals surface area contributed by atoms with Crippen LogP contribution in [0.2, 0.25) is 0 Å². The van der Waals surface area contributed by atoms with Crippen molar-refractivity contribution in [3.8, 4) is 0 Å². The van der Waals surface area contributed by atoms with Gasteiger partial charge >= 0.3 is 0 Å². The van der Waals surface area contributed by atoms with E-state index >= 15 is 0 Å². The lowest BCUT2D eigenvalue weighted by molar-refractivity contribution is 0.868. The van der Waals surface area contributed by atoms with Gasteiger partial charge in [-0.15, -0.1) is 0 Å². The van der Waals surface area contributed by atoms with E-state index in [2.05, 4.69) is 31.7 Å². The molecule has 19 heavy (non-hydrogen) atoms. The van der Waals surface area contributed by atoms with Gasteiger partial charge in [-0.05, 0) is 25.1 Å². The fourth-order valence-corrected chi connectivity index (χ4v) is 1.72. The molecule has 0 unspecified atom stereocenters. The fourth-order valence-electron chi connectivity index (χ4n) is 1.72. The highest BCUT2D eigenvalue weighted by Crippen LogP contribution is 2.08. The number of nitrogens with one attached hydrogen (secondary N) is 3. The SMILES string of the molecule is NCCCNc1cc(NCCc2ccc[nH]2)ncn1. The molecule has 102 valence electrons. The number of aromatic nitrogens is 3. The Labute approximate surface area is 112 Å². The van der Waals surface area contributed by atoms with Gasteiger partial charge in [0.1, 0.15) is 18.0 Å². The highest BCUT2D eigenvalue weighted by atomic mass is 15.1. The molecule has 2 aromatic rings. The summed E-state index contributed by atoms with van der Waals surface area (Å²) in [7, 11) is 0. The summed E-state index contributed by atoms with van der Waals surface area (Å²) in [4.78, 5) is 11.5. The lowest BCUT2D eigenvalue weighted by atomic mass is 10.3. The molecule has 0 saturated carbocycles. The zero-order chi connectivity index (χ0) is 13.3. The number of hydrogen-bond acceptors (Lipinski definition) is 5. The third-order valence-corrected chi connectivity index (χ3v) is 2.72. The van der Waals surface area contributed by atoms with Gasteiger partial charge in [-0.25, -0.2) is 9.97 Å². The first-order chi connectivity index (χ1) is 9.38. The van der Waals surface area contributed by atoms with Gasteiger partial charge in [0.15, 0.2) is 0 Å². The van der Waals surface area contributed by atoms with Crippen LogP contribution in [0.5, 0.6) is 0 Å². The number of nitrogens with zero attached hydrogens (tertiary/aromatic N) is 2. The smallest absolute Gasteiger partial charge is 0.131 e. The predicted octanol–water partition coefficient (Wildman–Crippen LogP) is 1.22. The van der Waals surface area contributed by atoms with Gasteiger partial charge in [0.05, 0.1) is 0 Å². The van der Waals surface area contributed by atoms with E-state index in [9.17, 15) is 0 Å². The first-order valence-electron chi connectivity index (χ1n) is 6.50. The number of nitrogens with two attached hydrogens (primary N) is 1. The van der Waals surface area contributed by atoms with Crippen molar-refractivity contribution < 1.29 is 0 Å². The van der Waals surface area contributed by atoms with E-state index in [4.69, 9.17) is 5.73 Å². The van der Waals surface area contributed by atoms with Gasteiger partial charge in [-0.3, -0.25) is 0 Å². The second-order valence-electron chi connectivity index (χ2n) is 4.23. The third-order valence-electron chi connectivity index (χ3n) is 2.72. The number of hydrogen-bond donors (Lipinski definition) is 4. The van der Waals surface area contributed by atoms with Crippen LogP contribution < -0.4 is 16.4 Å². The molecule has 0 aromatic carbocycles. The number of anilines is 2. The molecule has 2 heterocycles. The van der Waals surface area contributed by atoms with Gasteiger partial charge in [0, 0.05) is 37.5 Å². The maximum Gasteiger partial charge on any atom is 0.131 e. The molecule has 0 aliphatic rings. The van der Waals surface area contributed by atoms with Crippen LogP contribution in [-0.2, 0) is 6.42 Å². The van der Waals surface area contributed by atoms with Crippen molar-refractivity contribution in [3.63, 3.8) is 0 Å². The zero-order valence-corrected chi connectivity index (χ0v) is 10.9. The van der Waals surface area contributed by atoms with Crippen molar-refractivity contribution >= 4 is 11.6 Å². The number of H-pyrrole nitrogens is 1. The average molecular weight is 260 g/mol. The maximum absolute atomic E-state index is 5.45. The Morgan fingerprint density at radius 1 is 1.16 bits per heavy atom. The summed E-state index contributed by atoms with van der Waals surface area (Å²) < 4.78 is 0. The van der Waals surface area contributed by atoms with Crippen molar-refractivity contribution in [1.82, 2.24) is 15.0 Å². The van der Waals surface area contributed by atoms with Crippen molar-refractivity contribution in [1.29, 1.82) is 0 Å². The van der Waals surface area contributed by atoms with E-state index in [1.165, 1.54) is 5.69 Å². The molecule has 6 nitrogen and oxygen atoms in total. The molecule has 2 aromatic heterocycles. The summed E-state index contributed by atoms with van der Waals surface area (Å²) >= 11 is 0. The van der Waals surface area contributed by atoms with Crippen LogP contribution in [0.1, 0.15) is 12.1 Å². The summed E-state index contributed by atoms with van der Waals surface area (Å²) in [6.45, 7) is 2.34. The lowest BCUT2D eigenvalue weighted by Crippen LogP contribution is -2.11. The molecule has 0 aliphatic carbocycles. The average Bonchev–Trinajstić information content (AvgIpc) is 2.93. The Balaban J connectivity index is 1.78. The summed E-state index contributed by atoms with van der Waals surface area (Å²) in [5, 5.41) is 6.49. The normalized spacial score (nSPS) is 10.4. The Kier molecular flexibility index (Phi) is 5.18. The number of rotatable bonds is 8. The maximum atomic E-state index is 5.45. The largest absolute Gasteiger partial charge is 0.370 e. The lowest BCUT2D eigenvalue weighted by Gasteiger charge is -2.07. The molecule has 2 rings (SSSR count). The van der Waals surface area contributed by atoms with E-state index in [-0.39, 0.29) is 0 Å². The van der Waals surface area contributed by atoms with Crippen LogP contribution in [0.3, 0.4) is 0 Å². The second kappa shape index (κ2) is 7.38. The van der Waals surface area contributed by atoms with Crippen LogP contribution in [0.25, 0.3) is 0 Å². The topological polar surface area (TPSA) is 91.7 Å². The summed E-state index contributed by atoms with van der Waals surface area (Å²) in [5.74, 6) is 1.66. The standard InChI is InChI=1S/C13H20N6/c14-5-2-7-16-12-9-13(19-10-18-12)17-8-4-11-3-1-6-15-11/h1,3,6,9-10,15H,2,4-5,7-8,14H2,(H2,16,17,18,19). The monoisotopic (exact) mass is 260 g/mol. The van der Waals surface area contributed by atoms with E-state index < -0.39 is 0 Å². The minimum Gasteiger partial charge on any atom is -0.370 e. The molecular weight excluding hydrogens is 240 g/mol. The molecule has 0 amide bonds. The fraction of sp³-hybridized carbons (Fsp3) is 0.385. The van der Waals surface area contributed by atoms with Gasteiger partial charge in [0.2, 0.25) is 0 Å². The molecule has 6 heteroatoms. The molecular formula is C13H20N6. The van der Waals surface area contributed by atoms with Gasteiger partial charge < -0.3 is 21.4 Å². The van der Waals surface area contributed by atoms with Crippen molar-refractivity contribution in [2.75, 3.05) is 30.3 Å². The molecule has 0 spiro atoms. The molecule has 0 atom stereocenters. The zero-order valence-electron chi connectivity index (χ0n) is 10.9. The Hall–Kier alpha value is -2.08. The first kappa shape index (κ1) is 13.4.